The largest absolute Gasteiger partial charge is 0.483 e. The number of rotatable bonds is 4. The van der Waals surface area contributed by atoms with Crippen LogP contribution in [0.3, 0.4) is 0 Å². The lowest BCUT2D eigenvalue weighted by molar-refractivity contribution is -0.118. The Hall–Kier alpha value is -0.850. The van der Waals surface area contributed by atoms with Gasteiger partial charge in [-0.05, 0) is 73.2 Å². The van der Waals surface area contributed by atoms with Crippen LogP contribution in [0, 0.1) is 0 Å². The summed E-state index contributed by atoms with van der Waals surface area (Å²) < 4.78 is 8.13. The second kappa shape index (κ2) is 8.02. The van der Waals surface area contributed by atoms with Crippen LogP contribution in [-0.4, -0.2) is 12.5 Å². The van der Waals surface area contributed by atoms with Gasteiger partial charge in [0.1, 0.15) is 5.75 Å². The van der Waals surface area contributed by atoms with Crippen molar-refractivity contribution in [3.8, 4) is 5.75 Å². The van der Waals surface area contributed by atoms with Crippen molar-refractivity contribution in [2.45, 2.75) is 26.2 Å². The van der Waals surface area contributed by atoms with Crippen LogP contribution in [0.5, 0.6) is 5.75 Å². The lowest BCUT2D eigenvalue weighted by Gasteiger charge is -2.20. The highest BCUT2D eigenvalue weighted by Gasteiger charge is 2.15. The molecule has 3 nitrogen and oxygen atoms in total. The summed E-state index contributed by atoms with van der Waals surface area (Å²) in [5.41, 5.74) is 1.98. The van der Waals surface area contributed by atoms with Gasteiger partial charge < -0.3 is 10.1 Å². The molecule has 0 aliphatic carbocycles. The fraction of sp³-hybridized carbons (Fsp3) is 0.278. The third-order valence-electron chi connectivity index (χ3n) is 3.36. The van der Waals surface area contributed by atoms with Gasteiger partial charge in [-0.15, -0.1) is 0 Å². The number of amides is 1. The molecule has 0 aliphatic heterocycles. The summed E-state index contributed by atoms with van der Waals surface area (Å²) in [7, 11) is 0. The van der Waals surface area contributed by atoms with Gasteiger partial charge in [0.05, 0.1) is 10.2 Å². The van der Waals surface area contributed by atoms with E-state index in [0.717, 1.165) is 19.1 Å². The number of carbonyl (C=O) groups excluding carboxylic acids is 1. The molecule has 6 heteroatoms. The van der Waals surface area contributed by atoms with Gasteiger partial charge in [-0.3, -0.25) is 4.79 Å². The first kappa shape index (κ1) is 19.5. The molecule has 0 spiro atoms. The minimum absolute atomic E-state index is 0.0576. The number of benzene rings is 2. The Morgan fingerprint density at radius 2 is 1.75 bits per heavy atom. The number of halogens is 3. The van der Waals surface area contributed by atoms with Gasteiger partial charge in [0, 0.05) is 8.95 Å². The van der Waals surface area contributed by atoms with Crippen LogP contribution in [0.15, 0.2) is 49.8 Å². The molecule has 0 aliphatic rings. The van der Waals surface area contributed by atoms with E-state index < -0.39 is 0 Å². The molecule has 2 aromatic carbocycles. The molecule has 0 aromatic heterocycles. The second-order valence-corrected chi connectivity index (χ2v) is 8.98. The van der Waals surface area contributed by atoms with Gasteiger partial charge in [-0.1, -0.05) is 42.8 Å². The van der Waals surface area contributed by atoms with E-state index in [1.54, 1.807) is 6.07 Å². The van der Waals surface area contributed by atoms with Gasteiger partial charge in [0.25, 0.3) is 5.91 Å². The highest BCUT2D eigenvalue weighted by atomic mass is 79.9. The van der Waals surface area contributed by atoms with Crippen molar-refractivity contribution in [1.29, 1.82) is 0 Å². The fourth-order valence-corrected chi connectivity index (χ4v) is 3.64. The standard InChI is InChI=1S/C18H18Br3NO2/c1-18(2,3)11-4-6-15(13(20)8-11)22-17(23)10-24-16-7-5-12(19)9-14(16)21/h4-9H,10H2,1-3H3,(H,22,23). The molecule has 0 bridgehead atoms. The zero-order chi connectivity index (χ0) is 17.9. The molecule has 0 heterocycles. The predicted molar refractivity (Wildman–Crippen MR) is 109 cm³/mol. The zero-order valence-corrected chi connectivity index (χ0v) is 18.4. The maximum atomic E-state index is 12.1. The van der Waals surface area contributed by atoms with E-state index >= 15 is 0 Å². The van der Waals surface area contributed by atoms with E-state index in [1.807, 2.05) is 30.3 Å². The highest BCUT2D eigenvalue weighted by Crippen LogP contribution is 2.30. The highest BCUT2D eigenvalue weighted by molar-refractivity contribution is 9.11. The van der Waals surface area contributed by atoms with Gasteiger partial charge in [0.2, 0.25) is 0 Å². The lowest BCUT2D eigenvalue weighted by Crippen LogP contribution is -2.20. The quantitative estimate of drug-likeness (QED) is 0.515. The van der Waals surface area contributed by atoms with Crippen molar-refractivity contribution in [1.82, 2.24) is 0 Å². The number of anilines is 1. The zero-order valence-electron chi connectivity index (χ0n) is 13.6. The predicted octanol–water partition coefficient (Wildman–Crippen LogP) is 6.29. The summed E-state index contributed by atoms with van der Waals surface area (Å²) in [5.74, 6) is 0.407. The third-order valence-corrected chi connectivity index (χ3v) is 5.13. The van der Waals surface area contributed by atoms with Crippen LogP contribution < -0.4 is 10.1 Å². The molecule has 0 radical (unpaired) electrons. The van der Waals surface area contributed by atoms with E-state index in [4.69, 9.17) is 4.74 Å². The number of ether oxygens (including phenoxy) is 1. The first-order valence-electron chi connectivity index (χ1n) is 7.34. The SMILES string of the molecule is CC(C)(C)c1ccc(NC(=O)COc2ccc(Br)cc2Br)c(Br)c1. The molecule has 24 heavy (non-hydrogen) atoms. The third kappa shape index (κ3) is 5.33. The van der Waals surface area contributed by atoms with Crippen LogP contribution in [0.4, 0.5) is 5.69 Å². The van der Waals surface area contributed by atoms with Crippen molar-refractivity contribution in [2.75, 3.05) is 11.9 Å². The molecular formula is C18H18Br3NO2. The molecule has 1 N–H and O–H groups in total. The smallest absolute Gasteiger partial charge is 0.262 e. The minimum atomic E-state index is -0.214. The molecule has 2 aromatic rings. The lowest BCUT2D eigenvalue weighted by atomic mass is 9.87. The topological polar surface area (TPSA) is 38.3 Å². The summed E-state index contributed by atoms with van der Waals surface area (Å²) in [4.78, 5) is 12.1. The first-order valence-corrected chi connectivity index (χ1v) is 9.72. The van der Waals surface area contributed by atoms with E-state index in [-0.39, 0.29) is 17.9 Å². The van der Waals surface area contributed by atoms with Crippen molar-refractivity contribution in [3.63, 3.8) is 0 Å². The molecule has 128 valence electrons. The minimum Gasteiger partial charge on any atom is -0.483 e. The summed E-state index contributed by atoms with van der Waals surface area (Å²) in [6.07, 6.45) is 0. The van der Waals surface area contributed by atoms with Crippen molar-refractivity contribution in [2.24, 2.45) is 0 Å². The average Bonchev–Trinajstić information content (AvgIpc) is 2.47. The van der Waals surface area contributed by atoms with Crippen molar-refractivity contribution in [3.05, 3.63) is 55.4 Å². The van der Waals surface area contributed by atoms with Crippen molar-refractivity contribution >= 4 is 59.4 Å². The number of hydrogen-bond donors (Lipinski definition) is 1. The van der Waals surface area contributed by atoms with Gasteiger partial charge in [0.15, 0.2) is 6.61 Å². The number of nitrogens with one attached hydrogen (secondary N) is 1. The number of carbonyl (C=O) groups is 1. The van der Waals surface area contributed by atoms with Crippen LogP contribution >= 0.6 is 47.8 Å². The Balaban J connectivity index is 2.00. The van der Waals surface area contributed by atoms with Crippen LogP contribution in [-0.2, 0) is 10.2 Å². The van der Waals surface area contributed by atoms with Crippen LogP contribution in [0.25, 0.3) is 0 Å². The summed E-state index contributed by atoms with van der Waals surface area (Å²) in [6.45, 7) is 6.39. The molecule has 0 fully saturated rings. The molecule has 0 saturated heterocycles. The summed E-state index contributed by atoms with van der Waals surface area (Å²) in [5, 5.41) is 2.85. The molecule has 0 saturated carbocycles. The molecule has 1 amide bonds. The Kier molecular flexibility index (Phi) is 6.51. The molecule has 2 rings (SSSR count). The monoisotopic (exact) mass is 517 g/mol. The Morgan fingerprint density at radius 3 is 2.33 bits per heavy atom. The van der Waals surface area contributed by atoms with Gasteiger partial charge in [-0.2, -0.15) is 0 Å². The van der Waals surface area contributed by atoms with Gasteiger partial charge in [-0.25, -0.2) is 0 Å². The van der Waals surface area contributed by atoms with Gasteiger partial charge >= 0.3 is 0 Å². The molecular weight excluding hydrogens is 502 g/mol. The maximum absolute atomic E-state index is 12.1. The second-order valence-electron chi connectivity index (χ2n) is 6.36. The molecule has 0 atom stereocenters. The Bertz CT molecular complexity index is 754. The van der Waals surface area contributed by atoms with Crippen molar-refractivity contribution < 1.29 is 9.53 Å². The van der Waals surface area contributed by atoms with E-state index in [2.05, 4.69) is 73.9 Å². The van der Waals surface area contributed by atoms with E-state index in [0.29, 0.717) is 5.75 Å². The van der Waals surface area contributed by atoms with Crippen LogP contribution in [0.2, 0.25) is 0 Å². The average molecular weight is 520 g/mol. The first-order chi connectivity index (χ1) is 11.2. The fourth-order valence-electron chi connectivity index (χ4n) is 2.00. The van der Waals surface area contributed by atoms with Crippen LogP contribution in [0.1, 0.15) is 26.3 Å². The summed E-state index contributed by atoms with van der Waals surface area (Å²) in [6, 6.07) is 11.5. The molecule has 0 unspecified atom stereocenters. The van der Waals surface area contributed by atoms with E-state index in [1.165, 1.54) is 5.56 Å². The van der Waals surface area contributed by atoms with E-state index in [9.17, 15) is 4.79 Å². The maximum Gasteiger partial charge on any atom is 0.262 e. The Labute approximate surface area is 167 Å². The summed E-state index contributed by atoms with van der Waals surface area (Å²) >= 11 is 10.3. The normalized spacial score (nSPS) is 11.2. The Morgan fingerprint density at radius 1 is 1.04 bits per heavy atom. The number of hydrogen-bond acceptors (Lipinski definition) is 2.